The van der Waals surface area contributed by atoms with Crippen molar-refractivity contribution in [1.82, 2.24) is 9.55 Å². The maximum absolute atomic E-state index is 11.9. The zero-order valence-corrected chi connectivity index (χ0v) is 12.8. The summed E-state index contributed by atoms with van der Waals surface area (Å²) in [5, 5.41) is 28.8. The van der Waals surface area contributed by atoms with Gasteiger partial charge in [-0.2, -0.15) is 0 Å². The lowest BCUT2D eigenvalue weighted by Crippen LogP contribution is -2.38. The summed E-state index contributed by atoms with van der Waals surface area (Å²) in [5.41, 5.74) is -1.67. The molecule has 0 aliphatic carbocycles. The smallest absolute Gasteiger partial charge is 0.330 e. The molecule has 10 nitrogen and oxygen atoms in total. The molecule has 24 heavy (non-hydrogen) atoms. The fourth-order valence-electron chi connectivity index (χ4n) is 2.27. The predicted molar refractivity (Wildman–Crippen MR) is 80.0 cm³/mol. The van der Waals surface area contributed by atoms with E-state index in [1.807, 2.05) is 4.98 Å². The first-order chi connectivity index (χ1) is 11.4. The topological polar surface area (TPSA) is 151 Å². The Bertz CT molecular complexity index is 737. The van der Waals surface area contributed by atoms with Crippen LogP contribution in [0.5, 0.6) is 0 Å². The monoisotopic (exact) mass is 342 g/mol. The Morgan fingerprint density at radius 3 is 2.71 bits per heavy atom. The highest BCUT2D eigenvalue weighted by molar-refractivity contribution is 5.86. The van der Waals surface area contributed by atoms with Crippen LogP contribution < -0.4 is 11.2 Å². The van der Waals surface area contributed by atoms with Gasteiger partial charge in [0.2, 0.25) is 0 Å². The quantitative estimate of drug-likeness (QED) is 0.345. The summed E-state index contributed by atoms with van der Waals surface area (Å²) in [5.74, 6) is -0.664. The van der Waals surface area contributed by atoms with Crippen molar-refractivity contribution in [2.24, 2.45) is 0 Å². The third-order valence-corrected chi connectivity index (χ3v) is 3.47. The number of carbonyl (C=O) groups excluding carboxylic acids is 1. The van der Waals surface area contributed by atoms with Gasteiger partial charge in [-0.3, -0.25) is 14.3 Å². The van der Waals surface area contributed by atoms with Crippen molar-refractivity contribution in [3.05, 3.63) is 38.7 Å². The highest BCUT2D eigenvalue weighted by atomic mass is 16.6. The number of aromatic nitrogens is 2. The average Bonchev–Trinajstić information content (AvgIpc) is 2.82. The van der Waals surface area contributed by atoms with Gasteiger partial charge in [-0.1, -0.05) is 0 Å². The largest absolute Gasteiger partial charge is 0.463 e. The van der Waals surface area contributed by atoms with Crippen LogP contribution in [0.1, 0.15) is 18.7 Å². The van der Waals surface area contributed by atoms with Gasteiger partial charge >= 0.3 is 11.7 Å². The third kappa shape index (κ3) is 3.62. The van der Waals surface area contributed by atoms with E-state index in [1.54, 1.807) is 6.92 Å². The van der Waals surface area contributed by atoms with E-state index < -0.39 is 48.4 Å². The molecule has 10 heteroatoms. The van der Waals surface area contributed by atoms with Crippen LogP contribution in [0.4, 0.5) is 0 Å². The van der Waals surface area contributed by atoms with Crippen molar-refractivity contribution in [2.45, 2.75) is 31.5 Å². The number of esters is 1. The van der Waals surface area contributed by atoms with E-state index in [0.29, 0.717) is 0 Å². The van der Waals surface area contributed by atoms with Crippen molar-refractivity contribution in [2.75, 3.05) is 13.2 Å². The van der Waals surface area contributed by atoms with Gasteiger partial charge in [-0.05, 0) is 13.0 Å². The standard InChI is InChI=1S/C14H18N2O8/c1-2-23-9(18)4-3-7-5-16(14(22)15-12(7)21)13-11(20)10(19)8(6-17)24-13/h3-5,8,10-11,13,17,19-20H,2,6H2,1H3,(H,15,21,22)/t8-,10-,11-,13-/m1/s1. The van der Waals surface area contributed by atoms with E-state index in [2.05, 4.69) is 4.74 Å². The zero-order valence-electron chi connectivity index (χ0n) is 12.8. The third-order valence-electron chi connectivity index (χ3n) is 3.47. The number of nitrogens with one attached hydrogen (secondary N) is 1. The van der Waals surface area contributed by atoms with Crippen molar-refractivity contribution in [3.63, 3.8) is 0 Å². The highest BCUT2D eigenvalue weighted by Gasteiger charge is 2.43. The second kappa shape index (κ2) is 7.53. The predicted octanol–water partition coefficient (Wildman–Crippen LogP) is -2.28. The minimum Gasteiger partial charge on any atom is -0.463 e. The first-order valence-electron chi connectivity index (χ1n) is 7.21. The molecule has 4 atom stereocenters. The molecule has 0 saturated carbocycles. The van der Waals surface area contributed by atoms with Crippen molar-refractivity contribution >= 4 is 12.0 Å². The van der Waals surface area contributed by atoms with Crippen LogP contribution in [-0.2, 0) is 14.3 Å². The number of aliphatic hydroxyl groups is 3. The van der Waals surface area contributed by atoms with Crippen LogP contribution in [0, 0.1) is 0 Å². The fraction of sp³-hybridized carbons (Fsp3) is 0.500. The lowest BCUT2D eigenvalue weighted by atomic mass is 10.1. The number of aromatic amines is 1. The molecule has 4 N–H and O–H groups in total. The first kappa shape index (κ1) is 18.1. The van der Waals surface area contributed by atoms with Gasteiger partial charge < -0.3 is 24.8 Å². The molecule has 2 rings (SSSR count). The first-order valence-corrected chi connectivity index (χ1v) is 7.21. The molecule has 1 aromatic heterocycles. The Labute approximate surface area is 135 Å². The lowest BCUT2D eigenvalue weighted by molar-refractivity contribution is -0.137. The summed E-state index contributed by atoms with van der Waals surface area (Å²) in [4.78, 5) is 37.0. The number of hydrogen-bond acceptors (Lipinski definition) is 8. The Hall–Kier alpha value is -2.27. The molecule has 0 bridgehead atoms. The summed E-state index contributed by atoms with van der Waals surface area (Å²) in [6.45, 7) is 1.24. The number of nitrogens with zero attached hydrogens (tertiary/aromatic N) is 1. The van der Waals surface area contributed by atoms with Crippen LogP contribution in [0.3, 0.4) is 0 Å². The van der Waals surface area contributed by atoms with Gasteiger partial charge in [-0.25, -0.2) is 9.59 Å². The average molecular weight is 342 g/mol. The number of aliphatic hydroxyl groups excluding tert-OH is 3. The Morgan fingerprint density at radius 1 is 1.42 bits per heavy atom. The van der Waals surface area contributed by atoms with E-state index in [-0.39, 0.29) is 12.2 Å². The van der Waals surface area contributed by atoms with Gasteiger partial charge in [0, 0.05) is 12.3 Å². The lowest BCUT2D eigenvalue weighted by Gasteiger charge is -2.17. The van der Waals surface area contributed by atoms with Gasteiger partial charge in [-0.15, -0.1) is 0 Å². The van der Waals surface area contributed by atoms with Crippen LogP contribution in [-0.4, -0.2) is 62.4 Å². The summed E-state index contributed by atoms with van der Waals surface area (Å²) >= 11 is 0. The summed E-state index contributed by atoms with van der Waals surface area (Å²) in [6, 6.07) is 0. The van der Waals surface area contributed by atoms with E-state index in [4.69, 9.17) is 9.84 Å². The van der Waals surface area contributed by atoms with E-state index in [9.17, 15) is 24.6 Å². The summed E-state index contributed by atoms with van der Waals surface area (Å²) in [6.07, 6.45) is -1.99. The van der Waals surface area contributed by atoms with Gasteiger partial charge in [0.05, 0.1) is 18.8 Å². The molecule has 0 spiro atoms. The molecule has 1 aliphatic heterocycles. The molecule has 0 aromatic carbocycles. The van der Waals surface area contributed by atoms with Crippen molar-refractivity contribution in [3.8, 4) is 0 Å². The molecule has 1 aromatic rings. The summed E-state index contributed by atoms with van der Waals surface area (Å²) < 4.78 is 10.8. The van der Waals surface area contributed by atoms with Crippen molar-refractivity contribution < 1.29 is 29.6 Å². The molecule has 0 unspecified atom stereocenters. The Morgan fingerprint density at radius 2 is 2.12 bits per heavy atom. The van der Waals surface area contributed by atoms with Crippen LogP contribution in [0.2, 0.25) is 0 Å². The SMILES string of the molecule is CCOC(=O)C=Cc1cn([C@@H]2O[C@H](CO)[C@@H](O)[C@H]2O)c(=O)[nH]c1=O. The molecular weight excluding hydrogens is 324 g/mol. The molecule has 1 saturated heterocycles. The maximum Gasteiger partial charge on any atom is 0.330 e. The van der Waals surface area contributed by atoms with Gasteiger partial charge in [0.15, 0.2) is 6.23 Å². The number of hydrogen-bond donors (Lipinski definition) is 4. The van der Waals surface area contributed by atoms with Crippen LogP contribution in [0.25, 0.3) is 6.08 Å². The number of H-pyrrole nitrogens is 1. The number of ether oxygens (including phenoxy) is 2. The van der Waals surface area contributed by atoms with Gasteiger partial charge in [0.1, 0.15) is 18.3 Å². The molecule has 0 amide bonds. The Balaban J connectivity index is 2.35. The number of rotatable bonds is 5. The van der Waals surface area contributed by atoms with Crippen molar-refractivity contribution in [1.29, 1.82) is 0 Å². The Kier molecular flexibility index (Phi) is 5.67. The minimum atomic E-state index is -1.48. The molecular formula is C14H18N2O8. The highest BCUT2D eigenvalue weighted by Crippen LogP contribution is 2.27. The van der Waals surface area contributed by atoms with Gasteiger partial charge in [0.25, 0.3) is 5.56 Å². The molecule has 1 fully saturated rings. The second-order valence-corrected chi connectivity index (χ2v) is 5.07. The maximum atomic E-state index is 11.9. The zero-order chi connectivity index (χ0) is 17.9. The summed E-state index contributed by atoms with van der Waals surface area (Å²) in [7, 11) is 0. The van der Waals surface area contributed by atoms with E-state index in [0.717, 1.165) is 22.9 Å². The normalized spacial score (nSPS) is 26.8. The van der Waals surface area contributed by atoms with E-state index >= 15 is 0 Å². The fourth-order valence-corrected chi connectivity index (χ4v) is 2.27. The minimum absolute atomic E-state index is 0.0552. The van der Waals surface area contributed by atoms with E-state index in [1.165, 1.54) is 0 Å². The van der Waals surface area contributed by atoms with Crippen LogP contribution in [0.15, 0.2) is 21.9 Å². The molecule has 132 valence electrons. The molecule has 1 aliphatic rings. The molecule has 2 heterocycles. The second-order valence-electron chi connectivity index (χ2n) is 5.07. The molecule has 0 radical (unpaired) electrons. The van der Waals surface area contributed by atoms with Crippen LogP contribution >= 0.6 is 0 Å². The number of carbonyl (C=O) groups is 1.